The van der Waals surface area contributed by atoms with Crippen molar-refractivity contribution in [2.45, 2.75) is 12.5 Å². The Morgan fingerprint density at radius 2 is 2.00 bits per heavy atom. The number of hydrogen-bond acceptors (Lipinski definition) is 2. The van der Waals surface area contributed by atoms with Crippen molar-refractivity contribution in [3.63, 3.8) is 0 Å². The molecule has 0 aromatic heterocycles. The lowest BCUT2D eigenvalue weighted by Crippen LogP contribution is -2.35. The zero-order valence-electron chi connectivity index (χ0n) is 10.2. The summed E-state index contributed by atoms with van der Waals surface area (Å²) in [5.74, 6) is 0.876. The van der Waals surface area contributed by atoms with Crippen LogP contribution in [0.3, 0.4) is 0 Å². The van der Waals surface area contributed by atoms with E-state index in [4.69, 9.17) is 0 Å². The molecule has 1 aromatic carbocycles. The average molecular weight is 230 g/mol. The summed E-state index contributed by atoms with van der Waals surface area (Å²) in [7, 11) is 2.17. The highest BCUT2D eigenvalue weighted by Crippen LogP contribution is 2.30. The van der Waals surface area contributed by atoms with E-state index < -0.39 is 0 Å². The molecule has 2 atom stereocenters. The van der Waals surface area contributed by atoms with Crippen LogP contribution in [-0.2, 0) is 0 Å². The Kier molecular flexibility index (Phi) is 2.63. The minimum absolute atomic E-state index is 0.188. The molecule has 2 saturated heterocycles. The minimum atomic E-state index is 0.188. The summed E-state index contributed by atoms with van der Waals surface area (Å²) in [6.45, 7) is 3.01. The van der Waals surface area contributed by atoms with Crippen LogP contribution in [0.2, 0.25) is 0 Å². The maximum atomic E-state index is 12.3. The molecule has 0 N–H and O–H groups in total. The Morgan fingerprint density at radius 1 is 1.24 bits per heavy atom. The van der Waals surface area contributed by atoms with Gasteiger partial charge in [0.25, 0.3) is 5.91 Å². The molecule has 0 bridgehead atoms. The highest BCUT2D eigenvalue weighted by atomic mass is 16.2. The third-order valence-corrected chi connectivity index (χ3v) is 4.13. The second-order valence-electron chi connectivity index (χ2n) is 5.17. The van der Waals surface area contributed by atoms with Crippen LogP contribution in [0.4, 0.5) is 0 Å². The largest absolute Gasteiger partial charge is 0.337 e. The van der Waals surface area contributed by atoms with Gasteiger partial charge in [-0.1, -0.05) is 18.2 Å². The molecule has 3 heteroatoms. The standard InChI is InChI=1S/C14H18N2O/c1-15-8-7-12-9-16(10-13(12)15)14(17)11-5-3-2-4-6-11/h2-6,12-13H,7-10H2,1H3. The van der Waals surface area contributed by atoms with Crippen molar-refractivity contribution in [1.82, 2.24) is 9.80 Å². The fourth-order valence-corrected chi connectivity index (χ4v) is 3.10. The first kappa shape index (κ1) is 10.8. The van der Waals surface area contributed by atoms with Gasteiger partial charge in [0.1, 0.15) is 0 Å². The molecule has 3 nitrogen and oxygen atoms in total. The molecular formula is C14H18N2O. The smallest absolute Gasteiger partial charge is 0.253 e. The first-order valence-corrected chi connectivity index (χ1v) is 6.30. The van der Waals surface area contributed by atoms with E-state index in [0.717, 1.165) is 18.7 Å². The quantitative estimate of drug-likeness (QED) is 0.729. The van der Waals surface area contributed by atoms with Gasteiger partial charge in [-0.25, -0.2) is 0 Å². The number of benzene rings is 1. The van der Waals surface area contributed by atoms with Gasteiger partial charge in [-0.3, -0.25) is 4.79 Å². The van der Waals surface area contributed by atoms with E-state index in [1.165, 1.54) is 13.0 Å². The van der Waals surface area contributed by atoms with E-state index in [0.29, 0.717) is 12.0 Å². The van der Waals surface area contributed by atoms with Crippen LogP contribution in [0.25, 0.3) is 0 Å². The summed E-state index contributed by atoms with van der Waals surface area (Å²) < 4.78 is 0. The van der Waals surface area contributed by atoms with E-state index in [1.807, 2.05) is 35.2 Å². The Balaban J connectivity index is 1.73. The van der Waals surface area contributed by atoms with Gasteiger partial charge in [-0.05, 0) is 38.1 Å². The molecule has 0 aliphatic carbocycles. The molecule has 0 radical (unpaired) electrons. The van der Waals surface area contributed by atoms with Gasteiger partial charge in [-0.2, -0.15) is 0 Å². The van der Waals surface area contributed by atoms with E-state index in [-0.39, 0.29) is 5.91 Å². The monoisotopic (exact) mass is 230 g/mol. The molecule has 17 heavy (non-hydrogen) atoms. The summed E-state index contributed by atoms with van der Waals surface area (Å²) >= 11 is 0. The van der Waals surface area contributed by atoms with E-state index >= 15 is 0 Å². The molecule has 2 heterocycles. The molecule has 2 aliphatic rings. The van der Waals surface area contributed by atoms with Crippen LogP contribution < -0.4 is 0 Å². The fourth-order valence-electron chi connectivity index (χ4n) is 3.10. The van der Waals surface area contributed by atoms with Gasteiger partial charge in [-0.15, -0.1) is 0 Å². The molecular weight excluding hydrogens is 212 g/mol. The maximum Gasteiger partial charge on any atom is 0.253 e. The second-order valence-corrected chi connectivity index (χ2v) is 5.17. The van der Waals surface area contributed by atoms with E-state index in [9.17, 15) is 4.79 Å². The molecule has 2 unspecified atom stereocenters. The maximum absolute atomic E-state index is 12.3. The molecule has 2 fully saturated rings. The fraction of sp³-hybridized carbons (Fsp3) is 0.500. The molecule has 1 aromatic rings. The van der Waals surface area contributed by atoms with Gasteiger partial charge in [0.2, 0.25) is 0 Å². The average Bonchev–Trinajstić information content (AvgIpc) is 2.92. The predicted octanol–water partition coefficient (Wildman–Crippen LogP) is 1.46. The number of amides is 1. The second kappa shape index (κ2) is 4.15. The summed E-state index contributed by atoms with van der Waals surface area (Å²) in [6, 6.07) is 10.2. The van der Waals surface area contributed by atoms with Crippen molar-refractivity contribution in [2.24, 2.45) is 5.92 Å². The Labute approximate surface area is 102 Å². The van der Waals surface area contributed by atoms with Gasteiger partial charge in [0.05, 0.1) is 0 Å². The van der Waals surface area contributed by atoms with Crippen molar-refractivity contribution in [3.8, 4) is 0 Å². The number of rotatable bonds is 1. The Morgan fingerprint density at radius 3 is 2.71 bits per heavy atom. The van der Waals surface area contributed by atoms with Crippen molar-refractivity contribution < 1.29 is 4.79 Å². The number of likely N-dealkylation sites (tertiary alicyclic amines) is 2. The molecule has 3 rings (SSSR count). The molecule has 2 aliphatic heterocycles. The van der Waals surface area contributed by atoms with E-state index in [2.05, 4.69) is 11.9 Å². The van der Waals surface area contributed by atoms with Gasteiger partial charge >= 0.3 is 0 Å². The Hall–Kier alpha value is -1.35. The minimum Gasteiger partial charge on any atom is -0.337 e. The highest BCUT2D eigenvalue weighted by Gasteiger charge is 2.41. The van der Waals surface area contributed by atoms with E-state index in [1.54, 1.807) is 0 Å². The summed E-state index contributed by atoms with van der Waals surface area (Å²) in [4.78, 5) is 16.7. The Bertz CT molecular complexity index is 417. The number of fused-ring (bicyclic) bond motifs is 1. The van der Waals surface area contributed by atoms with Crippen molar-refractivity contribution in [2.75, 3.05) is 26.7 Å². The number of carbonyl (C=O) groups excluding carboxylic acids is 1. The highest BCUT2D eigenvalue weighted by molar-refractivity contribution is 5.94. The van der Waals surface area contributed by atoms with Crippen LogP contribution in [0.5, 0.6) is 0 Å². The van der Waals surface area contributed by atoms with Crippen molar-refractivity contribution in [3.05, 3.63) is 35.9 Å². The zero-order chi connectivity index (χ0) is 11.8. The first-order valence-electron chi connectivity index (χ1n) is 6.30. The van der Waals surface area contributed by atoms with Gasteiger partial charge < -0.3 is 9.80 Å². The molecule has 90 valence electrons. The summed E-state index contributed by atoms with van der Waals surface area (Å²) in [5.41, 5.74) is 0.815. The van der Waals surface area contributed by atoms with Crippen LogP contribution in [0.15, 0.2) is 30.3 Å². The van der Waals surface area contributed by atoms with Crippen LogP contribution in [-0.4, -0.2) is 48.4 Å². The summed E-state index contributed by atoms with van der Waals surface area (Å²) in [5, 5.41) is 0. The van der Waals surface area contributed by atoms with Gasteiger partial charge in [0, 0.05) is 24.7 Å². The lowest BCUT2D eigenvalue weighted by atomic mass is 10.1. The number of carbonyl (C=O) groups is 1. The van der Waals surface area contributed by atoms with Crippen LogP contribution in [0.1, 0.15) is 16.8 Å². The van der Waals surface area contributed by atoms with Crippen molar-refractivity contribution >= 4 is 5.91 Å². The first-order chi connectivity index (χ1) is 8.25. The van der Waals surface area contributed by atoms with Gasteiger partial charge in [0.15, 0.2) is 0 Å². The SMILES string of the molecule is CN1CCC2CN(C(=O)c3ccccc3)CC21. The number of nitrogens with zero attached hydrogens (tertiary/aromatic N) is 2. The normalized spacial score (nSPS) is 28.4. The zero-order valence-corrected chi connectivity index (χ0v) is 10.2. The third kappa shape index (κ3) is 1.84. The lowest BCUT2D eigenvalue weighted by Gasteiger charge is -2.20. The third-order valence-electron chi connectivity index (χ3n) is 4.13. The lowest BCUT2D eigenvalue weighted by molar-refractivity contribution is 0.0774. The summed E-state index contributed by atoms with van der Waals surface area (Å²) in [6.07, 6.45) is 1.24. The van der Waals surface area contributed by atoms with Crippen molar-refractivity contribution in [1.29, 1.82) is 0 Å². The molecule has 0 spiro atoms. The number of hydrogen-bond donors (Lipinski definition) is 0. The number of likely N-dealkylation sites (N-methyl/N-ethyl adjacent to an activating group) is 1. The van der Waals surface area contributed by atoms with Crippen LogP contribution >= 0.6 is 0 Å². The predicted molar refractivity (Wildman–Crippen MR) is 66.9 cm³/mol. The van der Waals surface area contributed by atoms with Crippen LogP contribution in [0, 0.1) is 5.92 Å². The molecule has 1 amide bonds. The topological polar surface area (TPSA) is 23.6 Å². The molecule has 0 saturated carbocycles.